The molecule has 1 unspecified atom stereocenters. The van der Waals surface area contributed by atoms with Crippen molar-refractivity contribution in [3.63, 3.8) is 0 Å². The first kappa shape index (κ1) is 17.4. The van der Waals surface area contributed by atoms with Gasteiger partial charge in [-0.3, -0.25) is 0 Å². The Morgan fingerprint density at radius 3 is 2.43 bits per heavy atom. The fourth-order valence-electron chi connectivity index (χ4n) is 2.45. The minimum atomic E-state index is -0.442. The zero-order valence-electron chi connectivity index (χ0n) is 14.0. The predicted octanol–water partition coefficient (Wildman–Crippen LogP) is 4.54. The number of rotatable bonds is 9. The summed E-state index contributed by atoms with van der Waals surface area (Å²) in [6.45, 7) is 5.35. The van der Waals surface area contributed by atoms with Crippen LogP contribution >= 0.6 is 0 Å². The Hall–Kier alpha value is -2.00. The fraction of sp³-hybridized carbons (Fsp3) is 0.400. The Kier molecular flexibility index (Phi) is 6.95. The third-order valence-electron chi connectivity index (χ3n) is 3.66. The van der Waals surface area contributed by atoms with E-state index < -0.39 is 6.10 Å². The number of benzene rings is 2. The molecule has 0 radical (unpaired) electrons. The van der Waals surface area contributed by atoms with E-state index in [4.69, 9.17) is 9.47 Å². The third-order valence-corrected chi connectivity index (χ3v) is 3.66. The van der Waals surface area contributed by atoms with Crippen LogP contribution in [-0.4, -0.2) is 18.3 Å². The molecule has 2 rings (SSSR count). The van der Waals surface area contributed by atoms with Crippen molar-refractivity contribution in [1.82, 2.24) is 0 Å². The second-order valence-electron chi connectivity index (χ2n) is 5.53. The van der Waals surface area contributed by atoms with Crippen LogP contribution < -0.4 is 9.47 Å². The lowest BCUT2D eigenvalue weighted by Gasteiger charge is -2.14. The van der Waals surface area contributed by atoms with Gasteiger partial charge in [-0.15, -0.1) is 0 Å². The van der Waals surface area contributed by atoms with Crippen LogP contribution in [0.3, 0.4) is 0 Å². The molecule has 3 nitrogen and oxygen atoms in total. The van der Waals surface area contributed by atoms with Crippen LogP contribution in [0.25, 0.3) is 0 Å². The highest BCUT2D eigenvalue weighted by Crippen LogP contribution is 2.30. The molecule has 0 saturated carbocycles. The monoisotopic (exact) mass is 314 g/mol. The Morgan fingerprint density at radius 2 is 1.74 bits per heavy atom. The summed E-state index contributed by atoms with van der Waals surface area (Å²) >= 11 is 0. The lowest BCUT2D eigenvalue weighted by atomic mass is 10.0. The molecule has 0 aromatic heterocycles. The normalized spacial score (nSPS) is 12.0. The molecule has 23 heavy (non-hydrogen) atoms. The van der Waals surface area contributed by atoms with E-state index in [1.165, 1.54) is 0 Å². The molecule has 0 aliphatic rings. The second-order valence-corrected chi connectivity index (χ2v) is 5.53. The largest absolute Gasteiger partial charge is 0.490 e. The lowest BCUT2D eigenvalue weighted by molar-refractivity contribution is 0.168. The quantitative estimate of drug-likeness (QED) is 0.738. The van der Waals surface area contributed by atoms with Crippen molar-refractivity contribution < 1.29 is 14.6 Å². The summed E-state index contributed by atoms with van der Waals surface area (Å²) < 4.78 is 11.4. The van der Waals surface area contributed by atoms with Gasteiger partial charge >= 0.3 is 0 Å². The minimum Gasteiger partial charge on any atom is -0.490 e. The van der Waals surface area contributed by atoms with Gasteiger partial charge in [0.25, 0.3) is 0 Å². The van der Waals surface area contributed by atoms with Crippen LogP contribution in [0.1, 0.15) is 43.9 Å². The third kappa shape index (κ3) is 5.29. The number of aliphatic hydroxyl groups is 1. The maximum Gasteiger partial charge on any atom is 0.161 e. The summed E-state index contributed by atoms with van der Waals surface area (Å²) in [5.74, 6) is 1.58. The van der Waals surface area contributed by atoms with E-state index >= 15 is 0 Å². The van der Waals surface area contributed by atoms with Crippen LogP contribution in [0.15, 0.2) is 48.5 Å². The molecule has 1 atom stereocenters. The number of hydrogen-bond donors (Lipinski definition) is 1. The van der Waals surface area contributed by atoms with Gasteiger partial charge in [-0.2, -0.15) is 0 Å². The molecule has 0 amide bonds. The zero-order valence-corrected chi connectivity index (χ0v) is 14.0. The van der Waals surface area contributed by atoms with Crippen LogP contribution in [0.2, 0.25) is 0 Å². The van der Waals surface area contributed by atoms with Crippen molar-refractivity contribution in [2.45, 2.75) is 39.2 Å². The summed E-state index contributed by atoms with van der Waals surface area (Å²) in [5, 5.41) is 10.3. The predicted molar refractivity (Wildman–Crippen MR) is 93.1 cm³/mol. The molecule has 0 spiro atoms. The minimum absolute atomic E-state index is 0.442. The van der Waals surface area contributed by atoms with E-state index in [-0.39, 0.29) is 0 Å². The van der Waals surface area contributed by atoms with Crippen molar-refractivity contribution in [3.8, 4) is 11.5 Å². The second kappa shape index (κ2) is 9.21. The van der Waals surface area contributed by atoms with Gasteiger partial charge in [0.2, 0.25) is 0 Å². The molecule has 0 saturated heterocycles. The van der Waals surface area contributed by atoms with E-state index in [9.17, 15) is 5.11 Å². The van der Waals surface area contributed by atoms with E-state index in [2.05, 4.69) is 6.92 Å². The van der Waals surface area contributed by atoms with Crippen molar-refractivity contribution in [2.24, 2.45) is 0 Å². The van der Waals surface area contributed by atoms with Gasteiger partial charge in [0.15, 0.2) is 11.5 Å². The topological polar surface area (TPSA) is 38.7 Å². The number of aryl methyl sites for hydroxylation is 1. The molecular formula is C20H26O3. The van der Waals surface area contributed by atoms with Crippen molar-refractivity contribution in [2.75, 3.05) is 13.2 Å². The molecule has 0 bridgehead atoms. The molecule has 124 valence electrons. The van der Waals surface area contributed by atoms with E-state index in [1.54, 1.807) is 0 Å². The maximum atomic E-state index is 10.3. The average molecular weight is 314 g/mol. The SMILES string of the molecule is CCCOc1ccc(CCC(O)c2ccccc2)cc1OCC. The van der Waals surface area contributed by atoms with Gasteiger partial charge in [0.1, 0.15) is 0 Å². The van der Waals surface area contributed by atoms with Crippen LogP contribution in [0.5, 0.6) is 11.5 Å². The van der Waals surface area contributed by atoms with Crippen molar-refractivity contribution in [1.29, 1.82) is 0 Å². The van der Waals surface area contributed by atoms with Gasteiger partial charge in [0, 0.05) is 0 Å². The smallest absolute Gasteiger partial charge is 0.161 e. The summed E-state index contributed by atoms with van der Waals surface area (Å²) in [6.07, 6.45) is 2.01. The van der Waals surface area contributed by atoms with Gasteiger partial charge in [-0.25, -0.2) is 0 Å². The first-order valence-corrected chi connectivity index (χ1v) is 8.36. The highest BCUT2D eigenvalue weighted by Gasteiger charge is 2.10. The summed E-state index contributed by atoms with van der Waals surface area (Å²) in [4.78, 5) is 0. The molecule has 0 heterocycles. The summed E-state index contributed by atoms with van der Waals surface area (Å²) in [5.41, 5.74) is 2.10. The summed E-state index contributed by atoms with van der Waals surface area (Å²) in [7, 11) is 0. The van der Waals surface area contributed by atoms with Gasteiger partial charge in [-0.1, -0.05) is 43.3 Å². The van der Waals surface area contributed by atoms with Crippen LogP contribution in [0.4, 0.5) is 0 Å². The molecule has 0 aliphatic carbocycles. The van der Waals surface area contributed by atoms with Crippen molar-refractivity contribution in [3.05, 3.63) is 59.7 Å². The van der Waals surface area contributed by atoms with E-state index in [0.29, 0.717) is 19.6 Å². The average Bonchev–Trinajstić information content (AvgIpc) is 2.60. The highest BCUT2D eigenvalue weighted by molar-refractivity contribution is 5.43. The lowest BCUT2D eigenvalue weighted by Crippen LogP contribution is -2.02. The van der Waals surface area contributed by atoms with Crippen LogP contribution in [0, 0.1) is 0 Å². The zero-order chi connectivity index (χ0) is 16.5. The molecule has 1 N–H and O–H groups in total. The standard InChI is InChI=1S/C20H26O3/c1-3-14-23-19-13-11-16(15-20(19)22-4-2)10-12-18(21)17-8-6-5-7-9-17/h5-9,11,13,15,18,21H,3-4,10,12,14H2,1-2H3. The first-order valence-electron chi connectivity index (χ1n) is 8.36. The molecule has 3 heteroatoms. The molecule has 2 aromatic carbocycles. The Bertz CT molecular complexity index is 581. The molecule has 0 fully saturated rings. The van der Waals surface area contributed by atoms with Crippen LogP contribution in [-0.2, 0) is 6.42 Å². The number of hydrogen-bond acceptors (Lipinski definition) is 3. The Labute approximate surface area is 138 Å². The number of ether oxygens (including phenoxy) is 2. The van der Waals surface area contributed by atoms with Crippen molar-refractivity contribution >= 4 is 0 Å². The molecule has 0 aliphatic heterocycles. The Balaban J connectivity index is 2.00. The fourth-order valence-corrected chi connectivity index (χ4v) is 2.45. The summed E-state index contributed by atoms with van der Waals surface area (Å²) in [6, 6.07) is 15.8. The number of aliphatic hydroxyl groups excluding tert-OH is 1. The van der Waals surface area contributed by atoms with E-state index in [1.807, 2.05) is 55.5 Å². The molecule has 2 aromatic rings. The maximum absolute atomic E-state index is 10.3. The highest BCUT2D eigenvalue weighted by atomic mass is 16.5. The molecular weight excluding hydrogens is 288 g/mol. The van der Waals surface area contributed by atoms with Gasteiger partial charge in [0.05, 0.1) is 19.3 Å². The van der Waals surface area contributed by atoms with Gasteiger partial charge < -0.3 is 14.6 Å². The van der Waals surface area contributed by atoms with Gasteiger partial charge in [-0.05, 0) is 49.4 Å². The Morgan fingerprint density at radius 1 is 0.957 bits per heavy atom. The van der Waals surface area contributed by atoms with E-state index in [0.717, 1.165) is 35.5 Å². The first-order chi connectivity index (χ1) is 11.2.